The Morgan fingerprint density at radius 2 is 1.89 bits per heavy atom. The molecule has 2 aromatic rings. The maximum atomic E-state index is 5.59. The predicted octanol–water partition coefficient (Wildman–Crippen LogP) is 0.918. The van der Waals surface area contributed by atoms with Gasteiger partial charge >= 0.3 is 0 Å². The molecule has 0 aliphatic carbocycles. The minimum atomic E-state index is 0.268. The van der Waals surface area contributed by atoms with E-state index in [9.17, 15) is 0 Å². The average Bonchev–Trinajstić information content (AvgIpc) is 2.89. The van der Waals surface area contributed by atoms with Crippen LogP contribution in [0.15, 0.2) is 18.2 Å². The number of aromatic nitrogens is 4. The van der Waals surface area contributed by atoms with Gasteiger partial charge in [-0.05, 0) is 36.4 Å². The quantitative estimate of drug-likeness (QED) is 0.833. The maximum absolute atomic E-state index is 5.59. The molecule has 0 unspecified atom stereocenters. The fourth-order valence-electron chi connectivity index (χ4n) is 1.71. The van der Waals surface area contributed by atoms with Gasteiger partial charge in [0, 0.05) is 6.07 Å². The molecule has 0 fully saturated rings. The summed E-state index contributed by atoms with van der Waals surface area (Å²) in [5, 5.41) is 11.4. The molecule has 1 heterocycles. The third-order valence-corrected chi connectivity index (χ3v) is 2.49. The van der Waals surface area contributed by atoms with Crippen molar-refractivity contribution in [3.05, 3.63) is 24.0 Å². The van der Waals surface area contributed by atoms with Crippen LogP contribution >= 0.6 is 0 Å². The highest BCUT2D eigenvalue weighted by Gasteiger charge is 2.11. The minimum absolute atomic E-state index is 0.268. The summed E-state index contributed by atoms with van der Waals surface area (Å²) in [6, 6.07) is 5.54. The number of ether oxygens (including phenoxy) is 2. The van der Waals surface area contributed by atoms with E-state index in [4.69, 9.17) is 15.2 Å². The number of nitrogens with zero attached hydrogens (tertiary/aromatic N) is 4. The van der Waals surface area contributed by atoms with E-state index < -0.39 is 0 Å². The van der Waals surface area contributed by atoms with Crippen LogP contribution in [0.2, 0.25) is 0 Å². The Kier molecular flexibility index (Phi) is 4.30. The van der Waals surface area contributed by atoms with Crippen molar-refractivity contribution in [3.63, 3.8) is 0 Å². The third kappa shape index (κ3) is 2.82. The van der Waals surface area contributed by atoms with E-state index in [2.05, 4.69) is 15.5 Å². The van der Waals surface area contributed by atoms with Gasteiger partial charge in [0.05, 0.1) is 25.4 Å². The number of rotatable bonds is 6. The lowest BCUT2D eigenvalue weighted by Gasteiger charge is -2.12. The molecule has 0 saturated heterocycles. The highest BCUT2D eigenvalue weighted by Crippen LogP contribution is 2.29. The van der Waals surface area contributed by atoms with E-state index in [1.165, 1.54) is 0 Å². The van der Waals surface area contributed by atoms with Gasteiger partial charge in [0.25, 0.3) is 0 Å². The minimum Gasteiger partial charge on any atom is -0.490 e. The lowest BCUT2D eigenvalue weighted by atomic mass is 10.2. The lowest BCUT2D eigenvalue weighted by Crippen LogP contribution is -2.08. The van der Waals surface area contributed by atoms with E-state index in [1.807, 2.05) is 32.0 Å². The van der Waals surface area contributed by atoms with Crippen LogP contribution in [0, 0.1) is 0 Å². The molecule has 0 amide bonds. The van der Waals surface area contributed by atoms with Crippen molar-refractivity contribution in [1.29, 1.82) is 0 Å². The first-order chi connectivity index (χ1) is 9.30. The molecule has 0 atom stereocenters. The van der Waals surface area contributed by atoms with E-state index in [0.29, 0.717) is 30.5 Å². The second-order valence-corrected chi connectivity index (χ2v) is 3.71. The first-order valence-corrected chi connectivity index (χ1v) is 6.17. The maximum Gasteiger partial charge on any atom is 0.170 e. The van der Waals surface area contributed by atoms with Crippen LogP contribution in [-0.2, 0) is 6.54 Å². The van der Waals surface area contributed by atoms with Crippen LogP contribution in [0.3, 0.4) is 0 Å². The van der Waals surface area contributed by atoms with E-state index in [-0.39, 0.29) is 6.54 Å². The molecule has 7 heteroatoms. The van der Waals surface area contributed by atoms with Crippen molar-refractivity contribution >= 4 is 0 Å². The largest absolute Gasteiger partial charge is 0.490 e. The first-order valence-electron chi connectivity index (χ1n) is 6.17. The molecule has 0 aliphatic heterocycles. The zero-order chi connectivity index (χ0) is 13.7. The van der Waals surface area contributed by atoms with E-state index in [1.54, 1.807) is 4.68 Å². The predicted molar refractivity (Wildman–Crippen MR) is 69.4 cm³/mol. The van der Waals surface area contributed by atoms with Crippen molar-refractivity contribution in [3.8, 4) is 17.2 Å². The van der Waals surface area contributed by atoms with Gasteiger partial charge in [-0.25, -0.2) is 0 Å². The molecule has 1 aromatic carbocycles. The number of hydrogen-bond donors (Lipinski definition) is 1. The van der Waals surface area contributed by atoms with Gasteiger partial charge in [-0.3, -0.25) is 0 Å². The Morgan fingerprint density at radius 3 is 2.58 bits per heavy atom. The third-order valence-electron chi connectivity index (χ3n) is 2.49. The van der Waals surface area contributed by atoms with Gasteiger partial charge in [0.15, 0.2) is 17.3 Å². The van der Waals surface area contributed by atoms with Crippen LogP contribution in [-0.4, -0.2) is 33.4 Å². The molecule has 0 saturated carbocycles. The fraction of sp³-hybridized carbons (Fsp3) is 0.417. The summed E-state index contributed by atoms with van der Waals surface area (Å²) in [5.41, 5.74) is 6.38. The summed E-state index contributed by atoms with van der Waals surface area (Å²) >= 11 is 0. The van der Waals surface area contributed by atoms with Crippen molar-refractivity contribution in [2.24, 2.45) is 5.73 Å². The zero-order valence-electron chi connectivity index (χ0n) is 11.0. The van der Waals surface area contributed by atoms with Crippen molar-refractivity contribution in [2.45, 2.75) is 20.4 Å². The Bertz CT molecular complexity index is 541. The highest BCUT2D eigenvalue weighted by atomic mass is 16.5. The van der Waals surface area contributed by atoms with Crippen LogP contribution in [0.4, 0.5) is 0 Å². The summed E-state index contributed by atoms with van der Waals surface area (Å²) in [4.78, 5) is 0. The van der Waals surface area contributed by atoms with Gasteiger partial charge in [0.1, 0.15) is 0 Å². The molecule has 2 N–H and O–H groups in total. The molecular formula is C12H17N5O2. The molecule has 0 spiro atoms. The SMILES string of the molecule is CCOc1ccc(-n2nnnc2CN)cc1OCC. The lowest BCUT2D eigenvalue weighted by molar-refractivity contribution is 0.287. The smallest absolute Gasteiger partial charge is 0.170 e. The number of benzene rings is 1. The van der Waals surface area contributed by atoms with Gasteiger partial charge in [-0.2, -0.15) is 4.68 Å². The van der Waals surface area contributed by atoms with E-state index in [0.717, 1.165) is 5.69 Å². The summed E-state index contributed by atoms with van der Waals surface area (Å²) in [7, 11) is 0. The zero-order valence-corrected chi connectivity index (χ0v) is 11.0. The molecule has 19 heavy (non-hydrogen) atoms. The molecule has 102 valence electrons. The van der Waals surface area contributed by atoms with Crippen molar-refractivity contribution in [2.75, 3.05) is 13.2 Å². The van der Waals surface area contributed by atoms with Gasteiger partial charge < -0.3 is 15.2 Å². The Morgan fingerprint density at radius 1 is 1.16 bits per heavy atom. The molecule has 0 radical (unpaired) electrons. The molecule has 7 nitrogen and oxygen atoms in total. The second-order valence-electron chi connectivity index (χ2n) is 3.71. The summed E-state index contributed by atoms with van der Waals surface area (Å²) in [5.74, 6) is 1.96. The molecule has 2 rings (SSSR count). The van der Waals surface area contributed by atoms with Crippen molar-refractivity contribution < 1.29 is 9.47 Å². The standard InChI is InChI=1S/C12H17N5O2/c1-3-18-10-6-5-9(7-11(10)19-4-2)17-12(8-13)14-15-16-17/h5-7H,3-4,8,13H2,1-2H3. The second kappa shape index (κ2) is 6.14. The summed E-state index contributed by atoms with van der Waals surface area (Å²) in [6.45, 7) is 5.26. The van der Waals surface area contributed by atoms with Crippen LogP contribution < -0.4 is 15.2 Å². The fourth-order valence-corrected chi connectivity index (χ4v) is 1.71. The highest BCUT2D eigenvalue weighted by molar-refractivity contribution is 5.48. The molecular weight excluding hydrogens is 246 g/mol. The number of tetrazole rings is 1. The number of nitrogens with two attached hydrogens (primary N) is 1. The van der Waals surface area contributed by atoms with Crippen LogP contribution in [0.1, 0.15) is 19.7 Å². The van der Waals surface area contributed by atoms with Crippen LogP contribution in [0.25, 0.3) is 5.69 Å². The Labute approximate surface area is 111 Å². The van der Waals surface area contributed by atoms with Crippen LogP contribution in [0.5, 0.6) is 11.5 Å². The molecule has 0 aliphatic rings. The van der Waals surface area contributed by atoms with Gasteiger partial charge in [-0.1, -0.05) is 0 Å². The topological polar surface area (TPSA) is 88.1 Å². The summed E-state index contributed by atoms with van der Waals surface area (Å²) in [6.07, 6.45) is 0. The monoisotopic (exact) mass is 263 g/mol. The van der Waals surface area contributed by atoms with E-state index >= 15 is 0 Å². The van der Waals surface area contributed by atoms with Gasteiger partial charge in [-0.15, -0.1) is 5.10 Å². The molecule has 1 aromatic heterocycles. The average molecular weight is 263 g/mol. The number of hydrogen-bond acceptors (Lipinski definition) is 6. The summed E-state index contributed by atoms with van der Waals surface area (Å²) < 4.78 is 12.7. The van der Waals surface area contributed by atoms with Crippen molar-refractivity contribution in [1.82, 2.24) is 20.2 Å². The Balaban J connectivity index is 2.39. The Hall–Kier alpha value is -2.15. The van der Waals surface area contributed by atoms with Gasteiger partial charge in [0.2, 0.25) is 0 Å². The normalized spacial score (nSPS) is 10.5. The molecule has 0 bridgehead atoms. The first kappa shape index (κ1) is 13.3.